The molecule has 0 saturated heterocycles. The van der Waals surface area contributed by atoms with E-state index >= 15 is 0 Å². The Labute approximate surface area is 166 Å². The van der Waals surface area contributed by atoms with Crippen LogP contribution in [0.2, 0.25) is 0 Å². The van der Waals surface area contributed by atoms with Crippen LogP contribution in [0.4, 0.5) is 0 Å². The molecule has 0 atom stereocenters. The number of rotatable bonds is 5. The Morgan fingerprint density at radius 1 is 1.04 bits per heavy atom. The third kappa shape index (κ3) is 4.53. The first-order valence-electron chi connectivity index (χ1n) is 9.72. The molecular weight excluding hydrogens is 352 g/mol. The van der Waals surface area contributed by atoms with Crippen LogP contribution in [0.5, 0.6) is 5.75 Å². The van der Waals surface area contributed by atoms with E-state index in [1.807, 2.05) is 32.0 Å². The zero-order chi connectivity index (χ0) is 20.7. The number of benzene rings is 1. The molecular formula is C23H30N2O3. The number of aromatic amines is 1. The maximum absolute atomic E-state index is 12.3. The van der Waals surface area contributed by atoms with Crippen LogP contribution >= 0.6 is 0 Å². The summed E-state index contributed by atoms with van der Waals surface area (Å²) in [5.74, 6) is 0.771. The van der Waals surface area contributed by atoms with E-state index in [4.69, 9.17) is 14.5 Å². The van der Waals surface area contributed by atoms with Crippen molar-refractivity contribution in [1.29, 1.82) is 0 Å². The van der Waals surface area contributed by atoms with Gasteiger partial charge in [0, 0.05) is 40.7 Å². The van der Waals surface area contributed by atoms with Gasteiger partial charge in [-0.2, -0.15) is 0 Å². The molecule has 0 amide bonds. The number of ether oxygens (including phenoxy) is 2. The molecule has 150 valence electrons. The van der Waals surface area contributed by atoms with Crippen molar-refractivity contribution in [2.24, 2.45) is 0 Å². The summed E-state index contributed by atoms with van der Waals surface area (Å²) in [6.07, 6.45) is 0.761. The molecule has 28 heavy (non-hydrogen) atoms. The van der Waals surface area contributed by atoms with E-state index in [0.717, 1.165) is 40.0 Å². The second-order valence-electron chi connectivity index (χ2n) is 9.04. The molecule has 5 heteroatoms. The van der Waals surface area contributed by atoms with Crippen molar-refractivity contribution in [1.82, 2.24) is 9.97 Å². The molecule has 0 aliphatic rings. The molecule has 0 radical (unpaired) electrons. The SMILES string of the molecule is Cc1cc(OC(C)(C)CCOC(C)(C)C)c2ccc3c(=O)cc(C)[nH]c3c2n1. The number of pyridine rings is 2. The van der Waals surface area contributed by atoms with Gasteiger partial charge in [-0.1, -0.05) is 0 Å². The lowest BCUT2D eigenvalue weighted by Crippen LogP contribution is -2.32. The maximum Gasteiger partial charge on any atom is 0.189 e. The Morgan fingerprint density at radius 3 is 2.39 bits per heavy atom. The molecule has 0 aliphatic carbocycles. The third-order valence-electron chi connectivity index (χ3n) is 4.63. The third-order valence-corrected chi connectivity index (χ3v) is 4.63. The topological polar surface area (TPSA) is 64.2 Å². The molecule has 3 rings (SSSR count). The zero-order valence-corrected chi connectivity index (χ0v) is 17.9. The lowest BCUT2D eigenvalue weighted by Gasteiger charge is -2.29. The molecule has 5 nitrogen and oxygen atoms in total. The molecule has 0 saturated carbocycles. The van der Waals surface area contributed by atoms with Gasteiger partial charge in [-0.05, 0) is 60.6 Å². The van der Waals surface area contributed by atoms with Gasteiger partial charge < -0.3 is 14.5 Å². The van der Waals surface area contributed by atoms with Gasteiger partial charge >= 0.3 is 0 Å². The average molecular weight is 383 g/mol. The van der Waals surface area contributed by atoms with E-state index in [0.29, 0.717) is 12.0 Å². The lowest BCUT2D eigenvalue weighted by atomic mass is 10.0. The average Bonchev–Trinajstić information content (AvgIpc) is 2.52. The van der Waals surface area contributed by atoms with Gasteiger partial charge in [-0.3, -0.25) is 9.78 Å². The van der Waals surface area contributed by atoms with Crippen LogP contribution in [0.3, 0.4) is 0 Å². The predicted octanol–water partition coefficient (Wildman–Crippen LogP) is 5.06. The Balaban J connectivity index is 2.02. The maximum atomic E-state index is 12.3. The van der Waals surface area contributed by atoms with Crippen molar-refractivity contribution in [3.63, 3.8) is 0 Å². The van der Waals surface area contributed by atoms with Crippen molar-refractivity contribution in [3.05, 3.63) is 45.9 Å². The van der Waals surface area contributed by atoms with Crippen molar-refractivity contribution in [2.45, 2.75) is 66.1 Å². The molecule has 0 aliphatic heterocycles. The number of aromatic nitrogens is 2. The highest BCUT2D eigenvalue weighted by atomic mass is 16.5. The summed E-state index contributed by atoms with van der Waals surface area (Å²) in [5, 5.41) is 1.53. The molecule has 0 fully saturated rings. The standard InChI is InChI=1S/C23H30N2O3/c1-14-12-18(26)16-8-9-17-19(13-15(2)25-21(17)20(16)24-14)28-23(6,7)10-11-27-22(3,4)5/h8-9,12-13H,10-11H2,1-7H3,(H,24,26). The predicted molar refractivity (Wildman–Crippen MR) is 114 cm³/mol. The van der Waals surface area contributed by atoms with E-state index in [2.05, 4.69) is 39.6 Å². The Morgan fingerprint density at radius 2 is 1.71 bits per heavy atom. The molecule has 2 heterocycles. The highest BCUT2D eigenvalue weighted by Gasteiger charge is 2.23. The molecule has 0 spiro atoms. The highest BCUT2D eigenvalue weighted by Crippen LogP contribution is 2.32. The van der Waals surface area contributed by atoms with E-state index < -0.39 is 5.60 Å². The fourth-order valence-corrected chi connectivity index (χ4v) is 3.26. The van der Waals surface area contributed by atoms with Gasteiger partial charge in [-0.15, -0.1) is 0 Å². The number of nitrogens with one attached hydrogen (secondary N) is 1. The first kappa shape index (κ1) is 20.3. The summed E-state index contributed by atoms with van der Waals surface area (Å²) in [7, 11) is 0. The normalized spacial score (nSPS) is 12.7. The molecule has 1 aromatic carbocycles. The van der Waals surface area contributed by atoms with Crippen LogP contribution in [-0.2, 0) is 4.74 Å². The lowest BCUT2D eigenvalue weighted by molar-refractivity contribution is -0.0290. The van der Waals surface area contributed by atoms with Crippen LogP contribution in [0, 0.1) is 13.8 Å². The number of hydrogen-bond donors (Lipinski definition) is 1. The van der Waals surface area contributed by atoms with Crippen molar-refractivity contribution in [2.75, 3.05) is 6.61 Å². The van der Waals surface area contributed by atoms with Crippen molar-refractivity contribution < 1.29 is 9.47 Å². The van der Waals surface area contributed by atoms with Crippen molar-refractivity contribution in [3.8, 4) is 5.75 Å². The quantitative estimate of drug-likeness (QED) is 0.627. The first-order valence-corrected chi connectivity index (χ1v) is 9.72. The zero-order valence-electron chi connectivity index (χ0n) is 17.9. The van der Waals surface area contributed by atoms with Gasteiger partial charge in [-0.25, -0.2) is 0 Å². The summed E-state index contributed by atoms with van der Waals surface area (Å²) < 4.78 is 12.3. The minimum atomic E-state index is -0.402. The second-order valence-corrected chi connectivity index (χ2v) is 9.04. The van der Waals surface area contributed by atoms with Gasteiger partial charge in [0.25, 0.3) is 0 Å². The number of aryl methyl sites for hydroxylation is 2. The molecule has 3 aromatic rings. The summed E-state index contributed by atoms with van der Waals surface area (Å²) in [4.78, 5) is 20.3. The van der Waals surface area contributed by atoms with Gasteiger partial charge in [0.1, 0.15) is 11.4 Å². The number of nitrogens with zero attached hydrogens (tertiary/aromatic N) is 1. The van der Waals surface area contributed by atoms with Crippen LogP contribution in [-0.4, -0.2) is 27.8 Å². The van der Waals surface area contributed by atoms with Gasteiger partial charge in [0.05, 0.1) is 23.2 Å². The number of H-pyrrole nitrogens is 1. The molecule has 0 bridgehead atoms. The van der Waals surface area contributed by atoms with E-state index in [1.54, 1.807) is 6.07 Å². The highest BCUT2D eigenvalue weighted by molar-refractivity contribution is 6.05. The summed E-state index contributed by atoms with van der Waals surface area (Å²) in [6.45, 7) is 14.7. The summed E-state index contributed by atoms with van der Waals surface area (Å²) in [5.41, 5.74) is 2.60. The Bertz CT molecular complexity index is 1080. The number of fused-ring (bicyclic) bond motifs is 3. The largest absolute Gasteiger partial charge is 0.487 e. The van der Waals surface area contributed by atoms with E-state index in [1.165, 1.54) is 0 Å². The van der Waals surface area contributed by atoms with Gasteiger partial charge in [0.15, 0.2) is 5.43 Å². The smallest absolute Gasteiger partial charge is 0.189 e. The number of hydrogen-bond acceptors (Lipinski definition) is 4. The summed E-state index contributed by atoms with van der Waals surface area (Å²) in [6, 6.07) is 7.33. The fraction of sp³-hybridized carbons (Fsp3) is 0.478. The van der Waals surface area contributed by atoms with E-state index in [-0.39, 0.29) is 11.0 Å². The van der Waals surface area contributed by atoms with Crippen molar-refractivity contribution >= 4 is 21.8 Å². The first-order chi connectivity index (χ1) is 13.0. The van der Waals surface area contributed by atoms with Crippen LogP contribution in [0.25, 0.3) is 21.8 Å². The molecule has 1 N–H and O–H groups in total. The minimum absolute atomic E-state index is 0.00131. The van der Waals surface area contributed by atoms with Gasteiger partial charge in [0.2, 0.25) is 0 Å². The van der Waals surface area contributed by atoms with Crippen LogP contribution in [0.15, 0.2) is 29.1 Å². The molecule has 0 unspecified atom stereocenters. The Kier molecular flexibility index (Phi) is 5.24. The molecule has 2 aromatic heterocycles. The minimum Gasteiger partial charge on any atom is -0.487 e. The Hall–Kier alpha value is -2.40. The summed E-state index contributed by atoms with van der Waals surface area (Å²) >= 11 is 0. The fourth-order valence-electron chi connectivity index (χ4n) is 3.26. The van der Waals surface area contributed by atoms with E-state index in [9.17, 15) is 4.79 Å². The van der Waals surface area contributed by atoms with Crippen LogP contribution < -0.4 is 10.2 Å². The monoisotopic (exact) mass is 382 g/mol. The second kappa shape index (κ2) is 7.21. The van der Waals surface area contributed by atoms with Crippen LogP contribution in [0.1, 0.15) is 52.4 Å².